The van der Waals surface area contributed by atoms with Crippen LogP contribution in [0, 0.1) is 11.6 Å². The number of carboxylic acid groups (broad SMARTS) is 1. The first-order valence-electron chi connectivity index (χ1n) is 7.52. The van der Waals surface area contributed by atoms with Gasteiger partial charge in [0.05, 0.1) is 10.9 Å². The number of aromatic nitrogens is 1. The Morgan fingerprint density at radius 2 is 2.17 bits per heavy atom. The first-order valence-corrected chi connectivity index (χ1v) is 7.52. The summed E-state index contributed by atoms with van der Waals surface area (Å²) < 4.78 is 35.7. The summed E-state index contributed by atoms with van der Waals surface area (Å²) in [5, 5.41) is 8.84. The Kier molecular flexibility index (Phi) is 4.00. The van der Waals surface area contributed by atoms with Gasteiger partial charge < -0.3 is 20.1 Å². The van der Waals surface area contributed by atoms with E-state index in [2.05, 4.69) is 0 Å². The summed E-state index contributed by atoms with van der Waals surface area (Å²) in [6.45, 7) is 1.62. The van der Waals surface area contributed by atoms with E-state index in [9.17, 15) is 18.4 Å². The molecule has 3 rings (SSSR count). The minimum atomic E-state index is -1.44. The number of pyridine rings is 1. The molecule has 128 valence electrons. The highest BCUT2D eigenvalue weighted by molar-refractivity contribution is 5.93. The van der Waals surface area contributed by atoms with Gasteiger partial charge in [0.1, 0.15) is 11.7 Å². The van der Waals surface area contributed by atoms with Gasteiger partial charge in [0.2, 0.25) is 5.43 Å². The van der Waals surface area contributed by atoms with E-state index >= 15 is 0 Å². The average molecular weight is 338 g/mol. The molecule has 0 saturated heterocycles. The number of fused-ring (bicyclic) bond motifs is 1. The van der Waals surface area contributed by atoms with E-state index < -0.39 is 40.4 Å². The zero-order valence-corrected chi connectivity index (χ0v) is 12.9. The van der Waals surface area contributed by atoms with E-state index in [0.717, 1.165) is 25.1 Å². The summed E-state index contributed by atoms with van der Waals surface area (Å²) in [4.78, 5) is 23.5. The molecule has 3 N–H and O–H groups in total. The van der Waals surface area contributed by atoms with E-state index in [-0.39, 0.29) is 23.5 Å². The van der Waals surface area contributed by atoms with Gasteiger partial charge in [-0.05, 0) is 25.8 Å². The highest BCUT2D eigenvalue weighted by Gasteiger charge is 2.30. The molecule has 0 amide bonds. The number of ether oxygens (including phenoxy) is 1. The van der Waals surface area contributed by atoms with Gasteiger partial charge in [-0.1, -0.05) is 0 Å². The van der Waals surface area contributed by atoms with Crippen molar-refractivity contribution in [1.29, 1.82) is 0 Å². The molecule has 8 heteroatoms. The molecule has 1 aromatic carbocycles. The SMILES string of the molecule is CC(CN)Oc1c(F)cc2c(=O)c(C(=O)O)cn(C3CC3)c2c1F. The number of rotatable bonds is 5. The molecule has 1 aliphatic carbocycles. The van der Waals surface area contributed by atoms with Crippen molar-refractivity contribution in [3.63, 3.8) is 0 Å². The van der Waals surface area contributed by atoms with E-state index in [1.807, 2.05) is 0 Å². The lowest BCUT2D eigenvalue weighted by Gasteiger charge is -2.17. The second-order valence-corrected chi connectivity index (χ2v) is 5.88. The van der Waals surface area contributed by atoms with Crippen molar-refractivity contribution < 1.29 is 23.4 Å². The molecule has 1 unspecified atom stereocenters. The van der Waals surface area contributed by atoms with Crippen molar-refractivity contribution in [3.05, 3.63) is 39.7 Å². The smallest absolute Gasteiger partial charge is 0.341 e. The van der Waals surface area contributed by atoms with E-state index in [0.29, 0.717) is 0 Å². The van der Waals surface area contributed by atoms with Crippen LogP contribution in [0.25, 0.3) is 10.9 Å². The second-order valence-electron chi connectivity index (χ2n) is 5.88. The molecule has 0 spiro atoms. The molecule has 1 aromatic heterocycles. The van der Waals surface area contributed by atoms with Crippen LogP contribution in [0.15, 0.2) is 17.1 Å². The molecule has 2 aromatic rings. The summed E-state index contributed by atoms with van der Waals surface area (Å²) >= 11 is 0. The molecule has 1 atom stereocenters. The molecule has 1 fully saturated rings. The van der Waals surface area contributed by atoms with Crippen LogP contribution in [-0.2, 0) is 0 Å². The Labute approximate surface area is 135 Å². The molecule has 1 heterocycles. The third-order valence-corrected chi connectivity index (χ3v) is 3.99. The number of carbonyl (C=O) groups is 1. The maximum absolute atomic E-state index is 14.9. The van der Waals surface area contributed by atoms with Crippen LogP contribution in [0.3, 0.4) is 0 Å². The van der Waals surface area contributed by atoms with Crippen molar-refractivity contribution in [3.8, 4) is 5.75 Å². The van der Waals surface area contributed by atoms with Crippen molar-refractivity contribution in [2.75, 3.05) is 6.54 Å². The van der Waals surface area contributed by atoms with Crippen LogP contribution in [0.4, 0.5) is 8.78 Å². The van der Waals surface area contributed by atoms with Gasteiger partial charge in [0, 0.05) is 18.8 Å². The van der Waals surface area contributed by atoms with Crippen LogP contribution in [0.1, 0.15) is 36.2 Å². The van der Waals surface area contributed by atoms with Gasteiger partial charge in [-0.15, -0.1) is 0 Å². The number of halogens is 2. The van der Waals surface area contributed by atoms with Crippen molar-refractivity contribution in [1.82, 2.24) is 4.57 Å². The molecule has 0 bridgehead atoms. The molecule has 24 heavy (non-hydrogen) atoms. The number of nitrogens with two attached hydrogens (primary N) is 1. The summed E-state index contributed by atoms with van der Waals surface area (Å²) in [6.07, 6.45) is 1.94. The third-order valence-electron chi connectivity index (χ3n) is 3.99. The van der Waals surface area contributed by atoms with Gasteiger partial charge in [-0.25, -0.2) is 13.6 Å². The summed E-state index contributed by atoms with van der Waals surface area (Å²) in [5.41, 5.74) is 3.82. The number of nitrogens with zero attached hydrogens (tertiary/aromatic N) is 1. The summed E-state index contributed by atoms with van der Waals surface area (Å²) in [7, 11) is 0. The van der Waals surface area contributed by atoms with Crippen LogP contribution < -0.4 is 15.9 Å². The molecule has 6 nitrogen and oxygen atoms in total. The minimum Gasteiger partial charge on any atom is -0.483 e. The van der Waals surface area contributed by atoms with Gasteiger partial charge in [0.15, 0.2) is 17.4 Å². The first-order chi connectivity index (χ1) is 11.3. The number of benzene rings is 1. The Bertz CT molecular complexity index is 890. The average Bonchev–Trinajstić information content (AvgIpc) is 3.36. The standard InChI is InChI=1S/C16H16F2N2O4/c1-7(5-19)24-15-11(17)4-9-13(12(15)18)20(8-2-3-8)6-10(14(9)21)16(22)23/h4,6-8H,2-3,5,19H2,1H3,(H,22,23). The van der Waals surface area contributed by atoms with E-state index in [1.54, 1.807) is 6.92 Å². The molecular formula is C16H16F2N2O4. The molecular weight excluding hydrogens is 322 g/mol. The fraction of sp³-hybridized carbons (Fsp3) is 0.375. The largest absolute Gasteiger partial charge is 0.483 e. The lowest BCUT2D eigenvalue weighted by molar-refractivity contribution is 0.0695. The quantitative estimate of drug-likeness (QED) is 0.870. The third kappa shape index (κ3) is 2.62. The summed E-state index contributed by atoms with van der Waals surface area (Å²) in [6, 6.07) is 0.705. The minimum absolute atomic E-state index is 0.0598. The Morgan fingerprint density at radius 1 is 1.50 bits per heavy atom. The number of aromatic carboxylic acids is 1. The van der Waals surface area contributed by atoms with Gasteiger partial charge in [-0.2, -0.15) is 0 Å². The zero-order valence-electron chi connectivity index (χ0n) is 12.9. The van der Waals surface area contributed by atoms with Crippen LogP contribution in [0.2, 0.25) is 0 Å². The molecule has 1 aliphatic rings. The second kappa shape index (κ2) is 5.86. The van der Waals surface area contributed by atoms with Crippen molar-refractivity contribution in [2.24, 2.45) is 5.73 Å². The number of hydrogen-bond acceptors (Lipinski definition) is 4. The Hall–Kier alpha value is -2.48. The van der Waals surface area contributed by atoms with Gasteiger partial charge in [-0.3, -0.25) is 4.79 Å². The predicted octanol–water partition coefficient (Wildman–Crippen LogP) is 2.04. The Morgan fingerprint density at radius 3 is 2.71 bits per heavy atom. The van der Waals surface area contributed by atoms with Crippen LogP contribution >= 0.6 is 0 Å². The highest BCUT2D eigenvalue weighted by Crippen LogP contribution is 2.39. The van der Waals surface area contributed by atoms with Crippen molar-refractivity contribution in [2.45, 2.75) is 31.9 Å². The van der Waals surface area contributed by atoms with Gasteiger partial charge >= 0.3 is 5.97 Å². The normalized spacial score (nSPS) is 15.5. The van der Waals surface area contributed by atoms with E-state index in [4.69, 9.17) is 15.6 Å². The molecule has 0 aliphatic heterocycles. The van der Waals surface area contributed by atoms with Crippen LogP contribution in [-0.4, -0.2) is 28.3 Å². The van der Waals surface area contributed by atoms with Crippen LogP contribution in [0.5, 0.6) is 5.75 Å². The first kappa shape index (κ1) is 16.4. The van der Waals surface area contributed by atoms with E-state index in [1.165, 1.54) is 4.57 Å². The number of hydrogen-bond donors (Lipinski definition) is 2. The molecule has 0 radical (unpaired) electrons. The highest BCUT2D eigenvalue weighted by atomic mass is 19.1. The lowest BCUT2D eigenvalue weighted by atomic mass is 10.1. The van der Waals surface area contributed by atoms with Gasteiger partial charge in [0.25, 0.3) is 0 Å². The maximum Gasteiger partial charge on any atom is 0.341 e. The Balaban J connectivity index is 2.34. The lowest BCUT2D eigenvalue weighted by Crippen LogP contribution is -2.25. The van der Waals surface area contributed by atoms with Crippen molar-refractivity contribution >= 4 is 16.9 Å². The monoisotopic (exact) mass is 338 g/mol. The topological polar surface area (TPSA) is 94.6 Å². The number of carboxylic acids is 1. The fourth-order valence-electron chi connectivity index (χ4n) is 2.57. The maximum atomic E-state index is 14.9. The molecule has 1 saturated carbocycles. The fourth-order valence-corrected chi connectivity index (χ4v) is 2.57. The predicted molar refractivity (Wildman–Crippen MR) is 82.5 cm³/mol. The zero-order chi connectivity index (χ0) is 17.6. The summed E-state index contributed by atoms with van der Waals surface area (Å²) in [5.74, 6) is -4.14.